The van der Waals surface area contributed by atoms with Gasteiger partial charge in [0.2, 0.25) is 27.6 Å². The molecular weight excluding hydrogens is 462 g/mol. The number of nitrogens with one attached hydrogen (secondary N) is 1. The Balaban J connectivity index is 1.33. The number of rotatable bonds is 6. The average molecular weight is 488 g/mol. The Morgan fingerprint density at radius 2 is 2.09 bits per heavy atom. The van der Waals surface area contributed by atoms with E-state index in [0.717, 1.165) is 18.4 Å². The third-order valence-electron chi connectivity index (χ3n) is 6.08. The summed E-state index contributed by atoms with van der Waals surface area (Å²) in [4.78, 5) is 23.1. The first-order valence-corrected chi connectivity index (χ1v) is 13.3. The second-order valence-electron chi connectivity index (χ2n) is 8.62. The minimum atomic E-state index is -3.76. The van der Waals surface area contributed by atoms with Crippen LogP contribution in [0.15, 0.2) is 33.8 Å². The summed E-state index contributed by atoms with van der Waals surface area (Å²) in [5.74, 6) is 1.24. The van der Waals surface area contributed by atoms with Crippen molar-refractivity contribution in [3.63, 3.8) is 0 Å². The third-order valence-corrected chi connectivity index (χ3v) is 9.25. The Bertz CT molecular complexity index is 1300. The van der Waals surface area contributed by atoms with E-state index in [1.54, 1.807) is 25.3 Å². The van der Waals surface area contributed by atoms with Crippen molar-refractivity contribution in [1.82, 2.24) is 19.4 Å². The van der Waals surface area contributed by atoms with E-state index in [1.165, 1.54) is 15.6 Å². The molecule has 1 N–H and O–H groups in total. The molecule has 0 spiro atoms. The van der Waals surface area contributed by atoms with E-state index >= 15 is 0 Å². The van der Waals surface area contributed by atoms with Crippen molar-refractivity contribution in [1.29, 1.82) is 0 Å². The van der Waals surface area contributed by atoms with Crippen LogP contribution in [-0.2, 0) is 14.8 Å². The topological polar surface area (TPSA) is 118 Å². The first-order valence-electron chi connectivity index (χ1n) is 11.0. The molecular formula is C22H25N5O4S2. The van der Waals surface area contributed by atoms with E-state index in [-0.39, 0.29) is 17.3 Å². The van der Waals surface area contributed by atoms with Gasteiger partial charge in [0.15, 0.2) is 0 Å². The first-order chi connectivity index (χ1) is 15.8. The quantitative estimate of drug-likeness (QED) is 0.563. The molecule has 3 aromatic rings. The van der Waals surface area contributed by atoms with Crippen LogP contribution in [0.3, 0.4) is 0 Å². The number of aryl methyl sites for hydroxylation is 2. The lowest BCUT2D eigenvalue weighted by Gasteiger charge is -2.31. The molecule has 1 saturated carbocycles. The number of piperidine rings is 1. The van der Waals surface area contributed by atoms with Crippen molar-refractivity contribution < 1.29 is 17.7 Å². The van der Waals surface area contributed by atoms with Crippen LogP contribution >= 0.6 is 11.3 Å². The van der Waals surface area contributed by atoms with Crippen molar-refractivity contribution in [2.75, 3.05) is 18.4 Å². The Labute approximate surface area is 196 Å². The highest BCUT2D eigenvalue weighted by molar-refractivity contribution is 7.89. The molecule has 5 rings (SSSR count). The molecule has 3 aromatic heterocycles. The molecule has 0 bridgehead atoms. The Morgan fingerprint density at radius 3 is 2.85 bits per heavy atom. The number of amides is 1. The summed E-state index contributed by atoms with van der Waals surface area (Å²) in [5.41, 5.74) is 0.860. The highest BCUT2D eigenvalue weighted by atomic mass is 32.2. The molecule has 9 nitrogen and oxygen atoms in total. The van der Waals surface area contributed by atoms with Crippen LogP contribution in [0.25, 0.3) is 10.7 Å². The van der Waals surface area contributed by atoms with E-state index in [9.17, 15) is 13.2 Å². The molecule has 33 heavy (non-hydrogen) atoms. The van der Waals surface area contributed by atoms with Crippen LogP contribution in [0.2, 0.25) is 0 Å². The van der Waals surface area contributed by atoms with Gasteiger partial charge in [0, 0.05) is 30.1 Å². The van der Waals surface area contributed by atoms with Gasteiger partial charge >= 0.3 is 0 Å². The van der Waals surface area contributed by atoms with E-state index < -0.39 is 15.9 Å². The van der Waals surface area contributed by atoms with Crippen LogP contribution in [0, 0.1) is 19.8 Å². The van der Waals surface area contributed by atoms with E-state index in [4.69, 9.17) is 4.52 Å². The molecule has 0 aromatic carbocycles. The molecule has 11 heteroatoms. The van der Waals surface area contributed by atoms with Crippen LogP contribution in [0.5, 0.6) is 0 Å². The second kappa shape index (κ2) is 8.62. The third kappa shape index (κ3) is 4.44. The first kappa shape index (κ1) is 22.2. The number of thiophene rings is 1. The number of sulfonamides is 1. The van der Waals surface area contributed by atoms with Gasteiger partial charge in [-0.1, -0.05) is 11.2 Å². The molecule has 1 aliphatic heterocycles. The van der Waals surface area contributed by atoms with Crippen molar-refractivity contribution in [3.8, 4) is 10.7 Å². The zero-order valence-corrected chi connectivity index (χ0v) is 20.1. The van der Waals surface area contributed by atoms with Crippen molar-refractivity contribution in [3.05, 3.63) is 40.7 Å². The van der Waals surface area contributed by atoms with Crippen molar-refractivity contribution in [2.24, 2.45) is 5.92 Å². The number of hydrogen-bond acceptors (Lipinski definition) is 8. The average Bonchev–Trinajstić information content (AvgIpc) is 3.39. The smallest absolute Gasteiger partial charge is 0.244 e. The Hall–Kier alpha value is -2.63. The predicted molar refractivity (Wildman–Crippen MR) is 123 cm³/mol. The minimum Gasteiger partial charge on any atom is -0.339 e. The van der Waals surface area contributed by atoms with Gasteiger partial charge in [-0.2, -0.15) is 9.29 Å². The lowest BCUT2D eigenvalue weighted by atomic mass is 9.99. The fourth-order valence-corrected chi connectivity index (χ4v) is 7.02. The summed E-state index contributed by atoms with van der Waals surface area (Å²) >= 11 is 1.34. The summed E-state index contributed by atoms with van der Waals surface area (Å²) in [6, 6.07) is 5.30. The lowest BCUT2D eigenvalue weighted by Crippen LogP contribution is -2.43. The molecule has 1 unspecified atom stereocenters. The molecule has 0 radical (unpaired) electrons. The monoisotopic (exact) mass is 487 g/mol. The van der Waals surface area contributed by atoms with Crippen LogP contribution in [0.1, 0.15) is 47.9 Å². The second-order valence-corrected chi connectivity index (χ2v) is 11.8. The van der Waals surface area contributed by atoms with Gasteiger partial charge in [0.25, 0.3) is 0 Å². The number of hydrogen-bond donors (Lipinski definition) is 1. The zero-order valence-electron chi connectivity index (χ0n) is 18.4. The summed E-state index contributed by atoms with van der Waals surface area (Å²) in [6.45, 7) is 4.17. The normalized spacial score (nSPS) is 19.5. The predicted octanol–water partition coefficient (Wildman–Crippen LogP) is 3.73. The number of nitrogens with zero attached hydrogens (tertiary/aromatic N) is 4. The standard InChI is InChI=1S/C22H25N5O4S2/c1-13-5-3-9-23-19(13)24-21(28)16-6-4-10-27(12-16)33(29,30)18-11-17(32-14(18)2)20-25-22(31-26-20)15-7-8-15/h3,5,9,11,15-16H,4,6-8,10,12H2,1-2H3,(H,23,24,28). The van der Waals surface area contributed by atoms with Gasteiger partial charge < -0.3 is 9.84 Å². The molecule has 1 saturated heterocycles. The largest absolute Gasteiger partial charge is 0.339 e. The number of carbonyl (C=O) groups is 1. The summed E-state index contributed by atoms with van der Waals surface area (Å²) < 4.78 is 33.7. The van der Waals surface area contributed by atoms with Crippen LogP contribution < -0.4 is 5.32 Å². The molecule has 2 fully saturated rings. The Morgan fingerprint density at radius 1 is 1.27 bits per heavy atom. The van der Waals surface area contributed by atoms with Gasteiger partial charge in [-0.15, -0.1) is 11.3 Å². The number of pyridine rings is 1. The molecule has 4 heterocycles. The van der Waals surface area contributed by atoms with Crippen molar-refractivity contribution >= 4 is 33.1 Å². The van der Waals surface area contributed by atoms with E-state index in [1.807, 2.05) is 13.0 Å². The number of aromatic nitrogens is 3. The molecule has 1 amide bonds. The van der Waals surface area contributed by atoms with E-state index in [0.29, 0.717) is 52.6 Å². The maximum absolute atomic E-state index is 13.5. The van der Waals surface area contributed by atoms with Gasteiger partial charge in [0.1, 0.15) is 5.82 Å². The molecule has 1 atom stereocenters. The van der Waals surface area contributed by atoms with E-state index in [2.05, 4.69) is 20.4 Å². The molecule has 174 valence electrons. The molecule has 2 aliphatic rings. The van der Waals surface area contributed by atoms with Crippen molar-refractivity contribution in [2.45, 2.75) is 50.3 Å². The summed E-state index contributed by atoms with van der Waals surface area (Å²) in [7, 11) is -3.76. The van der Waals surface area contributed by atoms with Gasteiger partial charge in [-0.3, -0.25) is 4.79 Å². The maximum atomic E-state index is 13.5. The lowest BCUT2D eigenvalue weighted by molar-refractivity contribution is -0.120. The zero-order chi connectivity index (χ0) is 23.2. The van der Waals surface area contributed by atoms with Gasteiger partial charge in [-0.05, 0) is 57.2 Å². The summed E-state index contributed by atoms with van der Waals surface area (Å²) in [5, 5.41) is 6.88. The fourth-order valence-electron chi connectivity index (χ4n) is 4.01. The SMILES string of the molecule is Cc1cccnc1NC(=O)C1CCCN(S(=O)(=O)c2cc(-c3noc(C4CC4)n3)sc2C)C1. The number of anilines is 1. The fraction of sp³-hybridized carbons (Fsp3) is 0.455. The number of carbonyl (C=O) groups excluding carboxylic acids is 1. The highest BCUT2D eigenvalue weighted by Gasteiger charge is 2.36. The van der Waals surface area contributed by atoms with Crippen LogP contribution in [-0.4, -0.2) is 46.8 Å². The molecule has 1 aliphatic carbocycles. The minimum absolute atomic E-state index is 0.138. The van der Waals surface area contributed by atoms with Gasteiger partial charge in [0.05, 0.1) is 15.7 Å². The Kier molecular flexibility index (Phi) is 5.79. The van der Waals surface area contributed by atoms with Crippen LogP contribution in [0.4, 0.5) is 5.82 Å². The maximum Gasteiger partial charge on any atom is 0.244 e. The highest BCUT2D eigenvalue weighted by Crippen LogP contribution is 2.41. The summed E-state index contributed by atoms with van der Waals surface area (Å²) in [6.07, 6.45) is 4.96. The van der Waals surface area contributed by atoms with Gasteiger partial charge in [-0.25, -0.2) is 13.4 Å².